The molecule has 2 aromatic heterocycles. The van der Waals surface area contributed by atoms with Gasteiger partial charge in [-0.2, -0.15) is 5.10 Å². The molecule has 0 saturated carbocycles. The molecule has 144 valence electrons. The largest absolute Gasteiger partial charge is 0.341 e. The van der Waals surface area contributed by atoms with Gasteiger partial charge in [0.15, 0.2) is 0 Å². The van der Waals surface area contributed by atoms with E-state index >= 15 is 0 Å². The zero-order chi connectivity index (χ0) is 20.2. The Morgan fingerprint density at radius 2 is 1.55 bits per heavy atom. The number of hydrogen-bond acceptors (Lipinski definition) is 3. The molecule has 5 nitrogen and oxygen atoms in total. The second-order valence-corrected chi connectivity index (χ2v) is 6.98. The van der Waals surface area contributed by atoms with Crippen molar-refractivity contribution in [3.05, 3.63) is 113 Å². The van der Waals surface area contributed by atoms with Crippen LogP contribution in [-0.4, -0.2) is 20.7 Å². The van der Waals surface area contributed by atoms with Crippen LogP contribution < -0.4 is 5.32 Å². The van der Waals surface area contributed by atoms with Crippen molar-refractivity contribution in [2.24, 2.45) is 0 Å². The highest BCUT2D eigenvalue weighted by Gasteiger charge is 2.18. The topological polar surface area (TPSA) is 59.8 Å². The Hall–Kier alpha value is -3.73. The van der Waals surface area contributed by atoms with Gasteiger partial charge in [0.1, 0.15) is 0 Å². The average Bonchev–Trinajstić information content (AvgIpc) is 3.11. The molecule has 0 aliphatic carbocycles. The van der Waals surface area contributed by atoms with Crippen LogP contribution in [-0.2, 0) is 0 Å². The maximum Gasteiger partial charge on any atom is 0.252 e. The highest BCUT2D eigenvalue weighted by atomic mass is 16.1. The summed E-state index contributed by atoms with van der Waals surface area (Å²) in [5, 5.41) is 7.64. The number of pyridine rings is 1. The van der Waals surface area contributed by atoms with E-state index in [0.29, 0.717) is 5.56 Å². The summed E-state index contributed by atoms with van der Waals surface area (Å²) in [6.07, 6.45) is 3.47. The van der Waals surface area contributed by atoms with Gasteiger partial charge >= 0.3 is 0 Å². The van der Waals surface area contributed by atoms with E-state index < -0.39 is 0 Å². The number of amides is 1. The number of carbonyl (C=O) groups excluding carboxylic acids is 1. The van der Waals surface area contributed by atoms with E-state index in [0.717, 1.165) is 28.2 Å². The summed E-state index contributed by atoms with van der Waals surface area (Å²) in [5.74, 6) is -0.129. The van der Waals surface area contributed by atoms with Crippen LogP contribution in [0.2, 0.25) is 0 Å². The van der Waals surface area contributed by atoms with Crippen molar-refractivity contribution in [3.8, 4) is 5.69 Å². The van der Waals surface area contributed by atoms with Gasteiger partial charge in [0.25, 0.3) is 5.91 Å². The van der Waals surface area contributed by atoms with Gasteiger partial charge in [-0.05, 0) is 67.4 Å². The summed E-state index contributed by atoms with van der Waals surface area (Å²) in [6.45, 7) is 3.98. The van der Waals surface area contributed by atoms with Gasteiger partial charge < -0.3 is 5.32 Å². The minimum Gasteiger partial charge on any atom is -0.341 e. The van der Waals surface area contributed by atoms with E-state index in [1.807, 2.05) is 91.3 Å². The number of aromatic nitrogens is 3. The van der Waals surface area contributed by atoms with E-state index in [9.17, 15) is 4.79 Å². The number of nitrogens with zero attached hydrogens (tertiary/aromatic N) is 3. The molecule has 1 N–H and O–H groups in total. The van der Waals surface area contributed by atoms with E-state index in [4.69, 9.17) is 0 Å². The number of rotatable bonds is 5. The molecular weight excluding hydrogens is 360 g/mol. The summed E-state index contributed by atoms with van der Waals surface area (Å²) < 4.78 is 1.88. The lowest BCUT2D eigenvalue weighted by atomic mass is 9.99. The molecule has 2 aromatic carbocycles. The molecule has 4 rings (SSSR count). The summed E-state index contributed by atoms with van der Waals surface area (Å²) in [6, 6.07) is 23.0. The second-order valence-electron chi connectivity index (χ2n) is 6.98. The molecule has 0 aliphatic rings. The van der Waals surface area contributed by atoms with Crippen molar-refractivity contribution < 1.29 is 4.79 Å². The minimum atomic E-state index is -0.248. The van der Waals surface area contributed by atoms with Crippen LogP contribution >= 0.6 is 0 Å². The number of aryl methyl sites for hydroxylation is 2. The lowest BCUT2D eigenvalue weighted by molar-refractivity contribution is 0.0943. The molecule has 1 unspecified atom stereocenters. The van der Waals surface area contributed by atoms with Crippen molar-refractivity contribution in [3.63, 3.8) is 0 Å². The first kappa shape index (κ1) is 18.6. The zero-order valence-electron chi connectivity index (χ0n) is 16.4. The Morgan fingerprint density at radius 3 is 2.17 bits per heavy atom. The first-order chi connectivity index (χ1) is 14.1. The molecule has 0 saturated heterocycles. The molecule has 0 spiro atoms. The van der Waals surface area contributed by atoms with E-state index in [1.54, 1.807) is 12.4 Å². The molecule has 29 heavy (non-hydrogen) atoms. The third-order valence-corrected chi connectivity index (χ3v) is 4.83. The number of hydrogen-bond donors (Lipinski definition) is 1. The van der Waals surface area contributed by atoms with Crippen molar-refractivity contribution in [2.45, 2.75) is 19.9 Å². The standard InChI is InChI=1S/C24H22N4O/c1-17-16-18(2)28(27-17)22-10-8-21(9-11-22)24(29)26-23(19-6-4-3-5-7-19)20-12-14-25-15-13-20/h3-16,23H,1-2H3,(H,26,29). The van der Waals surface area contributed by atoms with Crippen LogP contribution in [0.15, 0.2) is 85.2 Å². The van der Waals surface area contributed by atoms with Gasteiger partial charge in [-0.15, -0.1) is 0 Å². The van der Waals surface area contributed by atoms with E-state index in [1.165, 1.54) is 0 Å². The monoisotopic (exact) mass is 382 g/mol. The Bertz CT molecular complexity index is 1060. The molecule has 0 aliphatic heterocycles. The van der Waals surface area contributed by atoms with Crippen LogP contribution in [0.1, 0.15) is 38.9 Å². The average molecular weight is 382 g/mol. The third-order valence-electron chi connectivity index (χ3n) is 4.83. The van der Waals surface area contributed by atoms with Crippen LogP contribution in [0.3, 0.4) is 0 Å². The number of nitrogens with one attached hydrogen (secondary N) is 1. The van der Waals surface area contributed by atoms with Crippen molar-refractivity contribution in [1.29, 1.82) is 0 Å². The van der Waals surface area contributed by atoms with Gasteiger partial charge in [0, 0.05) is 23.7 Å². The SMILES string of the molecule is Cc1cc(C)n(-c2ccc(C(=O)NC(c3ccccc3)c3ccncc3)cc2)n1. The van der Waals surface area contributed by atoms with Crippen LogP contribution in [0.25, 0.3) is 5.69 Å². The third kappa shape index (κ3) is 4.09. The maximum atomic E-state index is 13.0. The predicted molar refractivity (Wildman–Crippen MR) is 113 cm³/mol. The van der Waals surface area contributed by atoms with E-state index in [-0.39, 0.29) is 11.9 Å². The Labute approximate surface area is 170 Å². The quantitative estimate of drug-likeness (QED) is 0.556. The highest BCUT2D eigenvalue weighted by Crippen LogP contribution is 2.22. The summed E-state index contributed by atoms with van der Waals surface area (Å²) in [5.41, 5.74) is 5.56. The minimum absolute atomic E-state index is 0.129. The molecule has 1 atom stereocenters. The van der Waals surface area contributed by atoms with Crippen LogP contribution in [0.4, 0.5) is 0 Å². The van der Waals surface area contributed by atoms with E-state index in [2.05, 4.69) is 15.4 Å². The molecule has 4 aromatic rings. The molecule has 1 amide bonds. The molecular formula is C24H22N4O. The fraction of sp³-hybridized carbons (Fsp3) is 0.125. The van der Waals surface area contributed by atoms with Crippen molar-refractivity contribution >= 4 is 5.91 Å². The second kappa shape index (κ2) is 8.10. The maximum absolute atomic E-state index is 13.0. The summed E-state index contributed by atoms with van der Waals surface area (Å²) in [4.78, 5) is 17.1. The summed E-state index contributed by atoms with van der Waals surface area (Å²) >= 11 is 0. The van der Waals surface area contributed by atoms with Gasteiger partial charge in [-0.3, -0.25) is 9.78 Å². The lowest BCUT2D eigenvalue weighted by Crippen LogP contribution is -2.29. The zero-order valence-corrected chi connectivity index (χ0v) is 16.4. The molecule has 0 fully saturated rings. The van der Waals surface area contributed by atoms with Crippen molar-refractivity contribution in [1.82, 2.24) is 20.1 Å². The predicted octanol–water partition coefficient (Wildman–Crippen LogP) is 4.40. The van der Waals surface area contributed by atoms with Crippen LogP contribution in [0, 0.1) is 13.8 Å². The Kier molecular flexibility index (Phi) is 5.20. The van der Waals surface area contributed by atoms with Gasteiger partial charge in [-0.25, -0.2) is 4.68 Å². The smallest absolute Gasteiger partial charge is 0.252 e. The van der Waals surface area contributed by atoms with Gasteiger partial charge in [-0.1, -0.05) is 30.3 Å². The highest BCUT2D eigenvalue weighted by molar-refractivity contribution is 5.94. The van der Waals surface area contributed by atoms with Gasteiger partial charge in [0.05, 0.1) is 17.4 Å². The number of carbonyl (C=O) groups is 1. The van der Waals surface area contributed by atoms with Gasteiger partial charge in [0.2, 0.25) is 0 Å². The number of benzene rings is 2. The first-order valence-corrected chi connectivity index (χ1v) is 9.51. The molecule has 0 bridgehead atoms. The van der Waals surface area contributed by atoms with Crippen LogP contribution in [0.5, 0.6) is 0 Å². The molecule has 2 heterocycles. The normalized spacial score (nSPS) is 11.8. The summed E-state index contributed by atoms with van der Waals surface area (Å²) in [7, 11) is 0. The lowest BCUT2D eigenvalue weighted by Gasteiger charge is -2.20. The molecule has 5 heteroatoms. The Morgan fingerprint density at radius 1 is 0.897 bits per heavy atom. The fourth-order valence-electron chi connectivity index (χ4n) is 3.42. The first-order valence-electron chi connectivity index (χ1n) is 9.51. The fourth-order valence-corrected chi connectivity index (χ4v) is 3.42. The molecule has 0 radical (unpaired) electrons. The van der Waals surface area contributed by atoms with Crippen molar-refractivity contribution in [2.75, 3.05) is 0 Å². The Balaban J connectivity index is 1.59.